The van der Waals surface area contributed by atoms with Crippen LogP contribution in [0.4, 0.5) is 23.1 Å². The summed E-state index contributed by atoms with van der Waals surface area (Å²) in [7, 11) is 3.47. The van der Waals surface area contributed by atoms with Gasteiger partial charge in [-0.25, -0.2) is 9.97 Å². The summed E-state index contributed by atoms with van der Waals surface area (Å²) in [5, 5.41) is 23.7. The van der Waals surface area contributed by atoms with Gasteiger partial charge in [0, 0.05) is 39.6 Å². The summed E-state index contributed by atoms with van der Waals surface area (Å²) < 4.78 is 21.7. The van der Waals surface area contributed by atoms with Crippen molar-refractivity contribution in [1.29, 1.82) is 5.26 Å². The van der Waals surface area contributed by atoms with E-state index >= 15 is 0 Å². The molecule has 1 aliphatic rings. The molecule has 0 saturated carbocycles. The molecule has 0 amide bonds. The van der Waals surface area contributed by atoms with Gasteiger partial charge >= 0.3 is 5.69 Å². The summed E-state index contributed by atoms with van der Waals surface area (Å²) in [6, 6.07) is 6.62. The summed E-state index contributed by atoms with van der Waals surface area (Å²) in [5.41, 5.74) is 0.120. The summed E-state index contributed by atoms with van der Waals surface area (Å²) in [6.07, 6.45) is 2.98. The molecule has 34 heavy (non-hydrogen) atoms. The molecule has 1 N–H and O–H groups in total. The van der Waals surface area contributed by atoms with Gasteiger partial charge in [-0.1, -0.05) is 0 Å². The minimum atomic E-state index is -0.529. The van der Waals surface area contributed by atoms with Crippen LogP contribution < -0.4 is 15.0 Å². The van der Waals surface area contributed by atoms with Crippen LogP contribution in [0.25, 0.3) is 0 Å². The van der Waals surface area contributed by atoms with Crippen LogP contribution in [0.5, 0.6) is 5.75 Å². The van der Waals surface area contributed by atoms with Crippen LogP contribution in [0, 0.1) is 21.4 Å². The number of methoxy groups -OCH3 is 1. The van der Waals surface area contributed by atoms with Crippen molar-refractivity contribution in [3.63, 3.8) is 0 Å². The summed E-state index contributed by atoms with van der Waals surface area (Å²) in [6.45, 7) is 2.65. The molecule has 0 spiro atoms. The minimum Gasteiger partial charge on any atom is -0.487 e. The molecule has 0 unspecified atom stereocenters. The highest BCUT2D eigenvalue weighted by molar-refractivity contribution is 5.71. The van der Waals surface area contributed by atoms with Crippen LogP contribution in [0.3, 0.4) is 0 Å². The van der Waals surface area contributed by atoms with Gasteiger partial charge < -0.3 is 29.2 Å². The van der Waals surface area contributed by atoms with E-state index in [1.54, 1.807) is 19.2 Å². The molecule has 2 aromatic rings. The lowest BCUT2D eigenvalue weighted by Gasteiger charge is -2.33. The molecular formula is C22H28N6O6. The fraction of sp³-hybridized carbons (Fsp3) is 0.500. The number of nitrogens with one attached hydrogen (secondary N) is 1. The Morgan fingerprint density at radius 3 is 2.71 bits per heavy atom. The standard InChI is InChI=1S/C22H28N6O6/c1-27(17-5-7-32-8-6-17)22-19(34-12-11-33-10-9-31-2)13-18(28(29)30)21(26-22)25-20-4-3-16(14-23)15-24-20/h3-4,13,15,17H,5-12H2,1-2H3,(H,24,25,26). The second kappa shape index (κ2) is 12.6. The van der Waals surface area contributed by atoms with Crippen molar-refractivity contribution >= 4 is 23.1 Å². The molecule has 12 heteroatoms. The van der Waals surface area contributed by atoms with Crippen LogP contribution in [0.15, 0.2) is 24.4 Å². The Bertz CT molecular complexity index is 991. The Morgan fingerprint density at radius 1 is 1.29 bits per heavy atom. The zero-order valence-corrected chi connectivity index (χ0v) is 19.2. The minimum absolute atomic E-state index is 0.0276. The molecule has 0 aromatic carbocycles. The first-order valence-corrected chi connectivity index (χ1v) is 10.9. The van der Waals surface area contributed by atoms with Crippen molar-refractivity contribution < 1.29 is 23.9 Å². The lowest BCUT2D eigenvalue weighted by atomic mass is 10.1. The van der Waals surface area contributed by atoms with Crippen LogP contribution in [-0.2, 0) is 14.2 Å². The molecule has 1 saturated heterocycles. The predicted molar refractivity (Wildman–Crippen MR) is 124 cm³/mol. The zero-order chi connectivity index (χ0) is 24.3. The van der Waals surface area contributed by atoms with Crippen LogP contribution in [0.1, 0.15) is 18.4 Å². The van der Waals surface area contributed by atoms with Gasteiger partial charge in [0.1, 0.15) is 18.5 Å². The Hall–Kier alpha value is -3.53. The van der Waals surface area contributed by atoms with Gasteiger partial charge in [0.05, 0.1) is 36.4 Å². The van der Waals surface area contributed by atoms with Crippen molar-refractivity contribution in [2.45, 2.75) is 18.9 Å². The number of nitrogens with zero attached hydrogens (tertiary/aromatic N) is 5. The van der Waals surface area contributed by atoms with Gasteiger partial charge in [0.25, 0.3) is 0 Å². The smallest absolute Gasteiger partial charge is 0.315 e. The summed E-state index contributed by atoms with van der Waals surface area (Å²) in [4.78, 5) is 22.0. The van der Waals surface area contributed by atoms with Crippen LogP contribution >= 0.6 is 0 Å². The van der Waals surface area contributed by atoms with E-state index in [-0.39, 0.29) is 29.9 Å². The first-order valence-electron chi connectivity index (χ1n) is 10.9. The molecule has 3 heterocycles. The molecule has 0 aliphatic carbocycles. The molecule has 0 radical (unpaired) electrons. The number of anilines is 3. The molecule has 2 aromatic heterocycles. The van der Waals surface area contributed by atoms with E-state index < -0.39 is 4.92 Å². The van der Waals surface area contributed by atoms with E-state index in [0.717, 1.165) is 12.8 Å². The number of nitriles is 1. The number of ether oxygens (including phenoxy) is 4. The van der Waals surface area contributed by atoms with Crippen molar-refractivity contribution in [2.24, 2.45) is 0 Å². The van der Waals surface area contributed by atoms with Crippen molar-refractivity contribution in [2.75, 3.05) is 64.0 Å². The van der Waals surface area contributed by atoms with E-state index in [0.29, 0.717) is 50.2 Å². The lowest BCUT2D eigenvalue weighted by Crippen LogP contribution is -2.37. The highest BCUT2D eigenvalue weighted by atomic mass is 16.6. The average Bonchev–Trinajstić information content (AvgIpc) is 2.87. The van der Waals surface area contributed by atoms with Gasteiger partial charge in [-0.05, 0) is 25.0 Å². The van der Waals surface area contributed by atoms with E-state index in [2.05, 4.69) is 15.3 Å². The van der Waals surface area contributed by atoms with Gasteiger partial charge in [-0.2, -0.15) is 5.26 Å². The maximum atomic E-state index is 11.8. The normalized spacial score (nSPS) is 13.8. The van der Waals surface area contributed by atoms with E-state index in [9.17, 15) is 10.1 Å². The third-order valence-electron chi connectivity index (χ3n) is 5.27. The Morgan fingerprint density at radius 2 is 2.06 bits per heavy atom. The number of hydrogen-bond donors (Lipinski definition) is 1. The number of hydrogen-bond acceptors (Lipinski definition) is 11. The molecule has 1 aliphatic heterocycles. The second-order valence-corrected chi connectivity index (χ2v) is 7.51. The highest BCUT2D eigenvalue weighted by Crippen LogP contribution is 2.37. The van der Waals surface area contributed by atoms with E-state index in [1.807, 2.05) is 18.0 Å². The average molecular weight is 473 g/mol. The first kappa shape index (κ1) is 25.1. The first-order chi connectivity index (χ1) is 16.5. The van der Waals surface area contributed by atoms with Crippen molar-refractivity contribution in [1.82, 2.24) is 9.97 Å². The third-order valence-corrected chi connectivity index (χ3v) is 5.27. The fourth-order valence-electron chi connectivity index (χ4n) is 3.42. The SMILES string of the molecule is COCCOCCOc1cc([N+](=O)[O-])c(Nc2ccc(C#N)cn2)nc1N(C)C1CCOCC1. The van der Waals surface area contributed by atoms with Crippen LogP contribution in [-0.4, -0.2) is 74.7 Å². The molecule has 3 rings (SSSR count). The summed E-state index contributed by atoms with van der Waals surface area (Å²) in [5.74, 6) is 1.11. The van der Waals surface area contributed by atoms with Crippen LogP contribution in [0.2, 0.25) is 0 Å². The maximum absolute atomic E-state index is 11.8. The fourth-order valence-corrected chi connectivity index (χ4v) is 3.42. The predicted octanol–water partition coefficient (Wildman–Crippen LogP) is 2.66. The zero-order valence-electron chi connectivity index (χ0n) is 19.2. The highest BCUT2D eigenvalue weighted by Gasteiger charge is 2.27. The Kier molecular flexibility index (Phi) is 9.33. The van der Waals surface area contributed by atoms with E-state index in [4.69, 9.17) is 24.2 Å². The molecule has 12 nitrogen and oxygen atoms in total. The van der Waals surface area contributed by atoms with Gasteiger partial charge in [-0.3, -0.25) is 10.1 Å². The maximum Gasteiger partial charge on any atom is 0.315 e. The van der Waals surface area contributed by atoms with Gasteiger partial charge in [-0.15, -0.1) is 0 Å². The molecule has 0 bridgehead atoms. The summed E-state index contributed by atoms with van der Waals surface area (Å²) >= 11 is 0. The number of nitro groups is 1. The quantitative estimate of drug-likeness (QED) is 0.276. The third kappa shape index (κ3) is 6.74. The monoisotopic (exact) mass is 472 g/mol. The largest absolute Gasteiger partial charge is 0.487 e. The lowest BCUT2D eigenvalue weighted by molar-refractivity contribution is -0.384. The van der Waals surface area contributed by atoms with E-state index in [1.165, 1.54) is 12.3 Å². The molecular weight excluding hydrogens is 444 g/mol. The Balaban J connectivity index is 1.89. The topological polar surface area (TPSA) is 145 Å². The van der Waals surface area contributed by atoms with Gasteiger partial charge in [0.2, 0.25) is 5.82 Å². The number of aromatic nitrogens is 2. The second-order valence-electron chi connectivity index (χ2n) is 7.51. The Labute approximate surface area is 197 Å². The molecule has 0 atom stereocenters. The molecule has 182 valence electrons. The number of rotatable bonds is 12. The van der Waals surface area contributed by atoms with Crippen molar-refractivity contribution in [3.05, 3.63) is 40.1 Å². The van der Waals surface area contributed by atoms with Gasteiger partial charge in [0.15, 0.2) is 11.6 Å². The molecule has 1 fully saturated rings. The van der Waals surface area contributed by atoms with Crippen molar-refractivity contribution in [3.8, 4) is 11.8 Å². The number of pyridine rings is 2.